The Hall–Kier alpha value is -1.72. The number of benzene rings is 1. The quantitative estimate of drug-likeness (QED) is 0.914. The predicted octanol–water partition coefficient (Wildman–Crippen LogP) is 2.86. The smallest absolute Gasteiger partial charge is 0.255 e. The number of rotatable bonds is 3. The van der Waals surface area contributed by atoms with Crippen LogP contribution in [0, 0.1) is 6.92 Å². The Morgan fingerprint density at radius 3 is 2.95 bits per heavy atom. The second-order valence-corrected chi connectivity index (χ2v) is 4.96. The van der Waals surface area contributed by atoms with E-state index in [0.717, 1.165) is 15.7 Å². The van der Waals surface area contributed by atoms with E-state index in [1.807, 2.05) is 25.1 Å². The van der Waals surface area contributed by atoms with E-state index in [9.17, 15) is 4.79 Å². The van der Waals surface area contributed by atoms with Crippen LogP contribution in [0.2, 0.25) is 0 Å². The van der Waals surface area contributed by atoms with E-state index in [1.54, 1.807) is 18.3 Å². The Morgan fingerprint density at radius 2 is 2.21 bits per heavy atom. The molecule has 4 nitrogen and oxygen atoms in total. The maximum atomic E-state index is 12.2. The van der Waals surface area contributed by atoms with Crippen molar-refractivity contribution >= 4 is 27.5 Å². The molecular weight excluding hydrogens is 306 g/mol. The van der Waals surface area contributed by atoms with Crippen LogP contribution in [0.15, 0.2) is 41.0 Å². The minimum Gasteiger partial charge on any atom is -0.325 e. The lowest BCUT2D eigenvalue weighted by Crippen LogP contribution is -2.14. The van der Waals surface area contributed by atoms with Gasteiger partial charge in [-0.2, -0.15) is 0 Å². The number of amides is 1. The molecule has 3 N–H and O–H groups in total. The second-order valence-electron chi connectivity index (χ2n) is 4.11. The van der Waals surface area contributed by atoms with Crippen molar-refractivity contribution in [2.75, 3.05) is 5.32 Å². The molecule has 5 heteroatoms. The molecule has 1 aromatic heterocycles. The van der Waals surface area contributed by atoms with Crippen LogP contribution in [0.3, 0.4) is 0 Å². The molecule has 0 spiro atoms. The average molecular weight is 320 g/mol. The SMILES string of the molecule is Cc1c(Br)cccc1NC(=O)c1ccnc(CN)c1. The Labute approximate surface area is 120 Å². The Bertz CT molecular complexity index is 613. The van der Waals surface area contributed by atoms with Crippen LogP contribution in [0.4, 0.5) is 5.69 Å². The van der Waals surface area contributed by atoms with Crippen LogP contribution in [-0.2, 0) is 6.54 Å². The Balaban J connectivity index is 2.23. The van der Waals surface area contributed by atoms with Crippen LogP contribution in [0.1, 0.15) is 21.6 Å². The van der Waals surface area contributed by atoms with Gasteiger partial charge in [-0.15, -0.1) is 0 Å². The van der Waals surface area contributed by atoms with Gasteiger partial charge in [0.1, 0.15) is 0 Å². The highest BCUT2D eigenvalue weighted by Crippen LogP contribution is 2.23. The molecule has 0 saturated carbocycles. The summed E-state index contributed by atoms with van der Waals surface area (Å²) in [5.41, 5.74) is 8.53. The summed E-state index contributed by atoms with van der Waals surface area (Å²) in [5, 5.41) is 2.88. The molecule has 2 rings (SSSR count). The number of nitrogens with one attached hydrogen (secondary N) is 1. The molecule has 98 valence electrons. The minimum absolute atomic E-state index is 0.168. The van der Waals surface area contributed by atoms with Gasteiger partial charge in [0, 0.05) is 28.5 Å². The zero-order chi connectivity index (χ0) is 13.8. The molecule has 1 heterocycles. The first-order chi connectivity index (χ1) is 9.11. The highest BCUT2D eigenvalue weighted by Gasteiger charge is 2.09. The van der Waals surface area contributed by atoms with E-state index in [-0.39, 0.29) is 5.91 Å². The number of anilines is 1. The number of hydrogen-bond acceptors (Lipinski definition) is 3. The van der Waals surface area contributed by atoms with E-state index in [2.05, 4.69) is 26.2 Å². The van der Waals surface area contributed by atoms with E-state index < -0.39 is 0 Å². The van der Waals surface area contributed by atoms with Crippen LogP contribution < -0.4 is 11.1 Å². The highest BCUT2D eigenvalue weighted by molar-refractivity contribution is 9.10. The normalized spacial score (nSPS) is 10.3. The van der Waals surface area contributed by atoms with Crippen LogP contribution in [0.5, 0.6) is 0 Å². The van der Waals surface area contributed by atoms with Crippen molar-refractivity contribution in [2.45, 2.75) is 13.5 Å². The molecule has 0 fully saturated rings. The fourth-order valence-corrected chi connectivity index (χ4v) is 2.03. The summed E-state index contributed by atoms with van der Waals surface area (Å²) in [5.74, 6) is -0.168. The van der Waals surface area contributed by atoms with Gasteiger partial charge in [-0.1, -0.05) is 22.0 Å². The first kappa shape index (κ1) is 13.7. The minimum atomic E-state index is -0.168. The van der Waals surface area contributed by atoms with Crippen molar-refractivity contribution in [1.29, 1.82) is 0 Å². The van der Waals surface area contributed by atoms with Gasteiger partial charge in [0.05, 0.1) is 5.69 Å². The van der Waals surface area contributed by atoms with Crippen LogP contribution >= 0.6 is 15.9 Å². The van der Waals surface area contributed by atoms with E-state index in [1.165, 1.54) is 0 Å². The van der Waals surface area contributed by atoms with Gasteiger partial charge in [0.2, 0.25) is 0 Å². The topological polar surface area (TPSA) is 68.0 Å². The lowest BCUT2D eigenvalue weighted by Gasteiger charge is -2.10. The monoisotopic (exact) mass is 319 g/mol. The first-order valence-corrected chi connectivity index (χ1v) is 6.62. The number of hydrogen-bond donors (Lipinski definition) is 2. The van der Waals surface area contributed by atoms with E-state index in [0.29, 0.717) is 17.8 Å². The highest BCUT2D eigenvalue weighted by atomic mass is 79.9. The van der Waals surface area contributed by atoms with Gasteiger partial charge in [0.25, 0.3) is 5.91 Å². The number of nitrogens with two attached hydrogens (primary N) is 1. The van der Waals surface area contributed by atoms with E-state index >= 15 is 0 Å². The molecule has 0 atom stereocenters. The fraction of sp³-hybridized carbons (Fsp3) is 0.143. The maximum absolute atomic E-state index is 12.2. The van der Waals surface area contributed by atoms with Crippen molar-refractivity contribution in [2.24, 2.45) is 5.73 Å². The number of carbonyl (C=O) groups excluding carboxylic acids is 1. The number of halogens is 1. The number of pyridine rings is 1. The summed E-state index contributed by atoms with van der Waals surface area (Å²) < 4.78 is 0.961. The van der Waals surface area contributed by atoms with Crippen LogP contribution in [0.25, 0.3) is 0 Å². The average Bonchev–Trinajstić information content (AvgIpc) is 2.44. The van der Waals surface area contributed by atoms with Gasteiger partial charge in [-0.05, 0) is 36.8 Å². The van der Waals surface area contributed by atoms with Gasteiger partial charge in [0.15, 0.2) is 0 Å². The number of nitrogens with zero attached hydrogens (tertiary/aromatic N) is 1. The third-order valence-electron chi connectivity index (χ3n) is 2.80. The molecular formula is C14H14BrN3O. The molecule has 0 unspecified atom stereocenters. The summed E-state index contributed by atoms with van der Waals surface area (Å²) in [7, 11) is 0. The van der Waals surface area contributed by atoms with Crippen molar-refractivity contribution < 1.29 is 4.79 Å². The van der Waals surface area contributed by atoms with Crippen molar-refractivity contribution in [1.82, 2.24) is 4.98 Å². The van der Waals surface area contributed by atoms with E-state index in [4.69, 9.17) is 5.73 Å². The standard InChI is InChI=1S/C14H14BrN3O/c1-9-12(15)3-2-4-13(9)18-14(19)10-5-6-17-11(7-10)8-16/h2-7H,8,16H2,1H3,(H,18,19). The second kappa shape index (κ2) is 5.95. The third kappa shape index (κ3) is 3.19. The molecule has 0 aliphatic heterocycles. The van der Waals surface area contributed by atoms with Gasteiger partial charge < -0.3 is 11.1 Å². The predicted molar refractivity (Wildman–Crippen MR) is 79.0 cm³/mol. The Kier molecular flexibility index (Phi) is 4.29. The first-order valence-electron chi connectivity index (χ1n) is 5.83. The maximum Gasteiger partial charge on any atom is 0.255 e. The third-order valence-corrected chi connectivity index (χ3v) is 3.66. The summed E-state index contributed by atoms with van der Waals surface area (Å²) in [6.45, 7) is 2.26. The summed E-state index contributed by atoms with van der Waals surface area (Å²) in [6, 6.07) is 9.04. The molecule has 19 heavy (non-hydrogen) atoms. The van der Waals surface area contributed by atoms with Gasteiger partial charge >= 0.3 is 0 Å². The largest absolute Gasteiger partial charge is 0.325 e. The zero-order valence-corrected chi connectivity index (χ0v) is 12.1. The number of aromatic nitrogens is 1. The molecule has 1 aromatic carbocycles. The van der Waals surface area contributed by atoms with Gasteiger partial charge in [-0.3, -0.25) is 9.78 Å². The van der Waals surface area contributed by atoms with Crippen molar-refractivity contribution in [3.8, 4) is 0 Å². The molecule has 0 radical (unpaired) electrons. The summed E-state index contributed by atoms with van der Waals surface area (Å²) in [4.78, 5) is 16.2. The summed E-state index contributed by atoms with van der Waals surface area (Å²) >= 11 is 3.44. The lowest BCUT2D eigenvalue weighted by molar-refractivity contribution is 0.102. The van der Waals surface area contributed by atoms with Gasteiger partial charge in [-0.25, -0.2) is 0 Å². The molecule has 0 aliphatic rings. The lowest BCUT2D eigenvalue weighted by atomic mass is 10.1. The van der Waals surface area contributed by atoms with Crippen molar-refractivity contribution in [3.63, 3.8) is 0 Å². The fourth-order valence-electron chi connectivity index (χ4n) is 1.67. The molecule has 0 bridgehead atoms. The molecule has 0 saturated heterocycles. The Morgan fingerprint density at radius 1 is 1.42 bits per heavy atom. The number of carbonyl (C=O) groups is 1. The summed E-state index contributed by atoms with van der Waals surface area (Å²) in [6.07, 6.45) is 1.59. The zero-order valence-electron chi connectivity index (χ0n) is 10.5. The van der Waals surface area contributed by atoms with Crippen molar-refractivity contribution in [3.05, 3.63) is 57.8 Å². The van der Waals surface area contributed by atoms with Crippen LogP contribution in [-0.4, -0.2) is 10.9 Å². The molecule has 2 aromatic rings. The molecule has 1 amide bonds. The molecule has 0 aliphatic carbocycles.